The number of aliphatic hydroxyl groups excluding tert-OH is 1. The van der Waals surface area contributed by atoms with E-state index in [2.05, 4.69) is 0 Å². The normalized spacial score (nSPS) is 15.0. The van der Waals surface area contributed by atoms with Crippen LogP contribution in [0.4, 0.5) is 4.39 Å². The van der Waals surface area contributed by atoms with Crippen LogP contribution >= 0.6 is 23.2 Å². The fourth-order valence-electron chi connectivity index (χ4n) is 1.78. The first kappa shape index (κ1) is 18.4. The van der Waals surface area contributed by atoms with Gasteiger partial charge in [-0.2, -0.15) is 0 Å². The third-order valence-electron chi connectivity index (χ3n) is 3.00. The molecule has 118 valence electrons. The van der Waals surface area contributed by atoms with E-state index in [0.29, 0.717) is 5.56 Å². The molecule has 0 saturated carbocycles. The van der Waals surface area contributed by atoms with Crippen LogP contribution in [-0.2, 0) is 14.6 Å². The third-order valence-corrected chi connectivity index (χ3v) is 4.62. The van der Waals surface area contributed by atoms with E-state index in [1.807, 2.05) is 0 Å². The summed E-state index contributed by atoms with van der Waals surface area (Å²) in [5.74, 6) is -1.56. The van der Waals surface area contributed by atoms with Crippen molar-refractivity contribution in [1.82, 2.24) is 0 Å². The van der Waals surface area contributed by atoms with Crippen molar-refractivity contribution < 1.29 is 22.7 Å². The number of halogens is 3. The molecule has 0 bridgehead atoms. The molecule has 0 fully saturated rings. The molecule has 1 aromatic carbocycles. The van der Waals surface area contributed by atoms with Crippen molar-refractivity contribution in [3.05, 3.63) is 29.8 Å². The number of carbonyl (C=O) groups excluding carboxylic acids is 1. The van der Waals surface area contributed by atoms with Gasteiger partial charge < -0.3 is 5.11 Å². The van der Waals surface area contributed by atoms with E-state index in [0.717, 1.165) is 6.26 Å². The minimum atomic E-state index is -3.35. The first-order valence-corrected chi connectivity index (χ1v) is 8.78. The molecule has 1 rings (SSSR count). The van der Waals surface area contributed by atoms with Gasteiger partial charge in [0.15, 0.2) is 20.5 Å². The maximum Gasteiger partial charge on any atom is 0.175 e. The lowest BCUT2D eigenvalue weighted by molar-refractivity contribution is -0.119. The number of carbonyl (C=O) groups is 1. The lowest BCUT2D eigenvalue weighted by Gasteiger charge is -2.20. The van der Waals surface area contributed by atoms with Gasteiger partial charge in [-0.1, -0.05) is 35.3 Å². The van der Waals surface area contributed by atoms with Crippen LogP contribution in [0.1, 0.15) is 18.1 Å². The Labute approximate surface area is 132 Å². The zero-order valence-electron chi connectivity index (χ0n) is 11.2. The Morgan fingerprint density at radius 1 is 1.29 bits per heavy atom. The molecule has 4 nitrogen and oxygen atoms in total. The Morgan fingerprint density at radius 2 is 1.81 bits per heavy atom. The molecule has 0 aliphatic heterocycles. The Morgan fingerprint density at radius 3 is 2.19 bits per heavy atom. The van der Waals surface area contributed by atoms with Gasteiger partial charge in [0.1, 0.15) is 0 Å². The fraction of sp³-hybridized carbons (Fsp3) is 0.462. The zero-order chi connectivity index (χ0) is 16.2. The number of rotatable bonds is 7. The van der Waals surface area contributed by atoms with Crippen LogP contribution in [0.25, 0.3) is 0 Å². The molecule has 0 unspecified atom stereocenters. The molecule has 0 spiro atoms. The van der Waals surface area contributed by atoms with Gasteiger partial charge in [0.2, 0.25) is 0 Å². The molecular weight excluding hydrogens is 342 g/mol. The minimum Gasteiger partial charge on any atom is -0.388 e. The van der Waals surface area contributed by atoms with Gasteiger partial charge in [0, 0.05) is 18.6 Å². The lowest BCUT2D eigenvalue weighted by Crippen LogP contribution is -2.21. The third kappa shape index (κ3) is 5.21. The standard InChI is InChI=1S/C13H15Cl2FO4S/c1-21(19,20)10-4-2-8(3-5-10)12(18)9(7-16)6-11(17)13(14)15/h2-5,9,12-13,18H,6-7H2,1H3/t9-,12-/m1/s1. The Bertz CT molecular complexity index is 587. The summed E-state index contributed by atoms with van der Waals surface area (Å²) in [6, 6.07) is 5.40. The summed E-state index contributed by atoms with van der Waals surface area (Å²) < 4.78 is 35.6. The van der Waals surface area contributed by atoms with Crippen LogP contribution < -0.4 is 0 Å². The highest BCUT2D eigenvalue weighted by molar-refractivity contribution is 7.90. The number of hydrogen-bond donors (Lipinski definition) is 1. The molecule has 2 atom stereocenters. The highest BCUT2D eigenvalue weighted by Crippen LogP contribution is 2.27. The zero-order valence-corrected chi connectivity index (χ0v) is 13.5. The van der Waals surface area contributed by atoms with Crippen molar-refractivity contribution in [2.45, 2.75) is 22.3 Å². The highest BCUT2D eigenvalue weighted by Gasteiger charge is 2.26. The van der Waals surface area contributed by atoms with E-state index in [9.17, 15) is 22.7 Å². The van der Waals surface area contributed by atoms with Crippen molar-refractivity contribution >= 4 is 38.8 Å². The van der Waals surface area contributed by atoms with Crippen molar-refractivity contribution in [2.75, 3.05) is 12.9 Å². The van der Waals surface area contributed by atoms with Gasteiger partial charge in [-0.3, -0.25) is 9.18 Å². The predicted molar refractivity (Wildman–Crippen MR) is 79.1 cm³/mol. The number of hydrogen-bond acceptors (Lipinski definition) is 4. The molecule has 0 aliphatic rings. The summed E-state index contributed by atoms with van der Waals surface area (Å²) in [5, 5.41) is 10.1. The van der Waals surface area contributed by atoms with Gasteiger partial charge in [-0.25, -0.2) is 8.42 Å². The monoisotopic (exact) mass is 356 g/mol. The van der Waals surface area contributed by atoms with E-state index in [4.69, 9.17) is 23.2 Å². The minimum absolute atomic E-state index is 0.0907. The Balaban J connectivity index is 2.90. The maximum atomic E-state index is 13.0. The van der Waals surface area contributed by atoms with Crippen LogP contribution in [0, 0.1) is 5.92 Å². The summed E-state index contributed by atoms with van der Waals surface area (Å²) >= 11 is 10.8. The maximum absolute atomic E-state index is 13.0. The average molecular weight is 357 g/mol. The van der Waals surface area contributed by atoms with Crippen LogP contribution in [0.2, 0.25) is 0 Å². The lowest BCUT2D eigenvalue weighted by atomic mass is 9.92. The van der Waals surface area contributed by atoms with Crippen LogP contribution in [0.15, 0.2) is 29.2 Å². The number of ketones is 1. The van der Waals surface area contributed by atoms with Gasteiger partial charge in [0.25, 0.3) is 0 Å². The molecule has 0 amide bonds. The summed E-state index contributed by atoms with van der Waals surface area (Å²) in [5.41, 5.74) is 0.318. The molecule has 0 heterocycles. The molecule has 8 heteroatoms. The van der Waals surface area contributed by atoms with Gasteiger partial charge >= 0.3 is 0 Å². The van der Waals surface area contributed by atoms with E-state index in [-0.39, 0.29) is 11.3 Å². The smallest absolute Gasteiger partial charge is 0.175 e. The summed E-state index contributed by atoms with van der Waals surface area (Å²) in [6.07, 6.45) is -0.495. The number of benzene rings is 1. The topological polar surface area (TPSA) is 71.4 Å². The van der Waals surface area contributed by atoms with E-state index >= 15 is 0 Å². The van der Waals surface area contributed by atoms with Crippen LogP contribution in [0.5, 0.6) is 0 Å². The number of Topliss-reactive ketones (excluding diaryl/α,β-unsaturated/α-hetero) is 1. The second-order valence-corrected chi connectivity index (χ2v) is 7.78. The van der Waals surface area contributed by atoms with Crippen molar-refractivity contribution in [2.24, 2.45) is 5.92 Å². The number of sulfone groups is 1. The van der Waals surface area contributed by atoms with Gasteiger partial charge in [-0.15, -0.1) is 0 Å². The van der Waals surface area contributed by atoms with Crippen molar-refractivity contribution in [3.8, 4) is 0 Å². The van der Waals surface area contributed by atoms with Crippen molar-refractivity contribution in [1.29, 1.82) is 0 Å². The van der Waals surface area contributed by atoms with Crippen LogP contribution in [-0.4, -0.2) is 37.1 Å². The molecule has 0 aromatic heterocycles. The summed E-state index contributed by atoms with van der Waals surface area (Å²) in [4.78, 5) is 10.2. The van der Waals surface area contributed by atoms with Gasteiger partial charge in [-0.05, 0) is 17.7 Å². The molecule has 21 heavy (non-hydrogen) atoms. The highest BCUT2D eigenvalue weighted by atomic mass is 35.5. The Hall–Kier alpha value is -0.690. The largest absolute Gasteiger partial charge is 0.388 e. The second kappa shape index (κ2) is 7.54. The molecular formula is C13H15Cl2FO4S. The Kier molecular flexibility index (Phi) is 6.59. The van der Waals surface area contributed by atoms with E-state index < -0.39 is 39.2 Å². The molecule has 1 N–H and O–H groups in total. The SMILES string of the molecule is CS(=O)(=O)c1ccc([C@@H](O)[C@@H](CF)CC(=O)C(Cl)Cl)cc1. The molecule has 0 aliphatic carbocycles. The quantitative estimate of drug-likeness (QED) is 0.761. The van der Waals surface area contributed by atoms with Crippen LogP contribution in [0.3, 0.4) is 0 Å². The molecule has 0 radical (unpaired) electrons. The van der Waals surface area contributed by atoms with E-state index in [1.165, 1.54) is 24.3 Å². The number of alkyl halides is 3. The fourth-order valence-corrected chi connectivity index (χ4v) is 2.59. The summed E-state index contributed by atoms with van der Waals surface area (Å²) in [7, 11) is -3.35. The second-order valence-electron chi connectivity index (χ2n) is 4.67. The molecule has 1 aromatic rings. The first-order valence-electron chi connectivity index (χ1n) is 6.01. The van der Waals surface area contributed by atoms with Gasteiger partial charge in [0.05, 0.1) is 17.7 Å². The van der Waals surface area contributed by atoms with Crippen molar-refractivity contribution in [3.63, 3.8) is 0 Å². The first-order chi connectivity index (χ1) is 9.66. The molecule has 0 saturated heterocycles. The summed E-state index contributed by atoms with van der Waals surface area (Å²) in [6.45, 7) is -0.929. The predicted octanol–water partition coefficient (Wildman–Crippen LogP) is 2.47. The van der Waals surface area contributed by atoms with E-state index in [1.54, 1.807) is 0 Å². The average Bonchev–Trinajstić information content (AvgIpc) is 2.42. The number of aliphatic hydroxyl groups is 1.